The SMILES string of the molecule is O=C(NCC1CC1)C1CSCN1C(=O)c1cccc2c1CCOC2. The molecule has 128 valence electrons. The molecule has 0 spiro atoms. The van der Waals surface area contributed by atoms with Crippen molar-refractivity contribution in [3.05, 3.63) is 34.9 Å². The average molecular weight is 346 g/mol. The summed E-state index contributed by atoms with van der Waals surface area (Å²) < 4.78 is 5.48. The first-order valence-corrected chi connectivity index (χ1v) is 9.74. The number of carbonyl (C=O) groups is 2. The molecule has 1 aromatic carbocycles. The number of nitrogens with zero attached hydrogens (tertiary/aromatic N) is 1. The third-order valence-corrected chi connectivity index (χ3v) is 5.98. The second-order valence-corrected chi connectivity index (χ2v) is 7.72. The summed E-state index contributed by atoms with van der Waals surface area (Å²) in [5, 5.41) is 3.02. The molecule has 2 amide bonds. The Labute approximate surface area is 146 Å². The molecule has 0 aromatic heterocycles. The standard InChI is InChI=1S/C18H22N2O3S/c21-17(19-8-12-4-5-12)16-10-24-11-20(16)18(22)15-3-1-2-13-9-23-7-6-14(13)15/h1-3,12,16H,4-11H2,(H,19,21). The minimum atomic E-state index is -0.350. The Morgan fingerprint density at radius 2 is 2.21 bits per heavy atom. The highest BCUT2D eigenvalue weighted by atomic mass is 32.2. The fourth-order valence-electron chi connectivity index (χ4n) is 3.32. The van der Waals surface area contributed by atoms with Crippen LogP contribution in [0, 0.1) is 5.92 Å². The monoisotopic (exact) mass is 346 g/mol. The second kappa shape index (κ2) is 6.76. The van der Waals surface area contributed by atoms with Crippen LogP contribution in [0.15, 0.2) is 18.2 Å². The molecule has 1 aliphatic carbocycles. The summed E-state index contributed by atoms with van der Waals surface area (Å²) in [6, 6.07) is 5.46. The molecule has 0 bridgehead atoms. The van der Waals surface area contributed by atoms with Crippen LogP contribution in [0.5, 0.6) is 0 Å². The van der Waals surface area contributed by atoms with Crippen molar-refractivity contribution < 1.29 is 14.3 Å². The number of hydrogen-bond donors (Lipinski definition) is 1. The van der Waals surface area contributed by atoms with Gasteiger partial charge in [0.25, 0.3) is 5.91 Å². The Kier molecular flexibility index (Phi) is 4.50. The summed E-state index contributed by atoms with van der Waals surface area (Å²) in [6.07, 6.45) is 3.18. The van der Waals surface area contributed by atoms with Crippen molar-refractivity contribution in [2.24, 2.45) is 5.92 Å². The highest BCUT2D eigenvalue weighted by Crippen LogP contribution is 2.29. The Morgan fingerprint density at radius 3 is 3.04 bits per heavy atom. The van der Waals surface area contributed by atoms with E-state index in [1.807, 2.05) is 18.2 Å². The minimum Gasteiger partial charge on any atom is -0.376 e. The van der Waals surface area contributed by atoms with Gasteiger partial charge in [-0.1, -0.05) is 12.1 Å². The van der Waals surface area contributed by atoms with E-state index in [0.29, 0.717) is 30.8 Å². The lowest BCUT2D eigenvalue weighted by Gasteiger charge is -2.26. The second-order valence-electron chi connectivity index (χ2n) is 6.72. The number of rotatable bonds is 4. The van der Waals surface area contributed by atoms with Crippen molar-refractivity contribution in [2.75, 3.05) is 24.8 Å². The van der Waals surface area contributed by atoms with Crippen LogP contribution in [0.4, 0.5) is 0 Å². The van der Waals surface area contributed by atoms with Crippen molar-refractivity contribution in [3.8, 4) is 0 Å². The maximum absolute atomic E-state index is 13.1. The van der Waals surface area contributed by atoms with Crippen LogP contribution in [-0.4, -0.2) is 47.5 Å². The maximum Gasteiger partial charge on any atom is 0.255 e. The molecule has 3 aliphatic rings. The summed E-state index contributed by atoms with van der Waals surface area (Å²) in [6.45, 7) is 1.97. The van der Waals surface area contributed by atoms with Gasteiger partial charge >= 0.3 is 0 Å². The molecule has 1 atom stereocenters. The zero-order chi connectivity index (χ0) is 16.5. The zero-order valence-electron chi connectivity index (χ0n) is 13.6. The van der Waals surface area contributed by atoms with Crippen LogP contribution in [0.1, 0.15) is 34.3 Å². The molecule has 4 rings (SSSR count). The van der Waals surface area contributed by atoms with E-state index in [2.05, 4.69) is 5.32 Å². The van der Waals surface area contributed by atoms with Gasteiger partial charge in [-0.15, -0.1) is 11.8 Å². The molecule has 5 nitrogen and oxygen atoms in total. The number of fused-ring (bicyclic) bond motifs is 1. The molecular weight excluding hydrogens is 324 g/mol. The molecule has 1 N–H and O–H groups in total. The van der Waals surface area contributed by atoms with Gasteiger partial charge in [-0.3, -0.25) is 9.59 Å². The third-order valence-electron chi connectivity index (χ3n) is 4.97. The van der Waals surface area contributed by atoms with Crippen LogP contribution in [0.2, 0.25) is 0 Å². The van der Waals surface area contributed by atoms with Gasteiger partial charge in [-0.2, -0.15) is 0 Å². The maximum atomic E-state index is 13.1. The molecule has 1 saturated heterocycles. The third kappa shape index (κ3) is 3.17. The Hall–Kier alpha value is -1.53. The van der Waals surface area contributed by atoms with Gasteiger partial charge < -0.3 is 15.0 Å². The molecular formula is C18H22N2O3S. The number of hydrogen-bond acceptors (Lipinski definition) is 4. The predicted octanol–water partition coefficient (Wildman–Crippen LogP) is 1.80. The van der Waals surface area contributed by atoms with Gasteiger partial charge in [0.15, 0.2) is 0 Å². The molecule has 1 unspecified atom stereocenters. The fourth-order valence-corrected chi connectivity index (χ4v) is 4.48. The summed E-state index contributed by atoms with van der Waals surface area (Å²) >= 11 is 1.65. The number of ether oxygens (including phenoxy) is 1. The van der Waals surface area contributed by atoms with Gasteiger partial charge in [0, 0.05) is 17.9 Å². The van der Waals surface area contributed by atoms with Crippen molar-refractivity contribution in [2.45, 2.75) is 31.9 Å². The van der Waals surface area contributed by atoms with E-state index in [9.17, 15) is 9.59 Å². The van der Waals surface area contributed by atoms with E-state index in [4.69, 9.17) is 4.74 Å². The van der Waals surface area contributed by atoms with E-state index in [1.165, 1.54) is 12.8 Å². The van der Waals surface area contributed by atoms with Crippen LogP contribution < -0.4 is 5.32 Å². The number of carbonyl (C=O) groups excluding carboxylic acids is 2. The van der Waals surface area contributed by atoms with Crippen molar-refractivity contribution in [3.63, 3.8) is 0 Å². The van der Waals surface area contributed by atoms with E-state index >= 15 is 0 Å². The van der Waals surface area contributed by atoms with Gasteiger partial charge in [-0.25, -0.2) is 0 Å². The summed E-state index contributed by atoms with van der Waals surface area (Å²) in [5.41, 5.74) is 2.91. The molecule has 2 heterocycles. The largest absolute Gasteiger partial charge is 0.376 e. The minimum absolute atomic E-state index is 0.00613. The number of benzene rings is 1. The Morgan fingerprint density at radius 1 is 1.33 bits per heavy atom. The average Bonchev–Trinajstić information content (AvgIpc) is 3.32. The van der Waals surface area contributed by atoms with Gasteiger partial charge in [-0.05, 0) is 42.4 Å². The van der Waals surface area contributed by atoms with Gasteiger partial charge in [0.1, 0.15) is 6.04 Å². The van der Waals surface area contributed by atoms with Gasteiger partial charge in [0.05, 0.1) is 19.1 Å². The van der Waals surface area contributed by atoms with Gasteiger partial charge in [0.2, 0.25) is 5.91 Å². The summed E-state index contributed by atoms with van der Waals surface area (Å²) in [7, 11) is 0. The van der Waals surface area contributed by atoms with E-state index < -0.39 is 0 Å². The molecule has 2 aliphatic heterocycles. The lowest BCUT2D eigenvalue weighted by atomic mass is 9.96. The molecule has 0 radical (unpaired) electrons. The van der Waals surface area contributed by atoms with Crippen molar-refractivity contribution in [1.82, 2.24) is 10.2 Å². The van der Waals surface area contributed by atoms with Crippen LogP contribution in [0.3, 0.4) is 0 Å². The first kappa shape index (κ1) is 16.0. The van der Waals surface area contributed by atoms with Crippen LogP contribution >= 0.6 is 11.8 Å². The van der Waals surface area contributed by atoms with E-state index in [1.54, 1.807) is 16.7 Å². The van der Waals surface area contributed by atoms with Crippen LogP contribution in [0.25, 0.3) is 0 Å². The molecule has 2 fully saturated rings. The van der Waals surface area contributed by atoms with Crippen molar-refractivity contribution in [1.29, 1.82) is 0 Å². The lowest BCUT2D eigenvalue weighted by Crippen LogP contribution is -2.48. The first-order valence-electron chi connectivity index (χ1n) is 8.59. The molecule has 6 heteroatoms. The normalized spacial score (nSPS) is 23.0. The number of amides is 2. The first-order chi connectivity index (χ1) is 11.7. The van der Waals surface area contributed by atoms with Crippen molar-refractivity contribution >= 4 is 23.6 Å². The van der Waals surface area contributed by atoms with E-state index in [0.717, 1.165) is 29.7 Å². The topological polar surface area (TPSA) is 58.6 Å². The Bertz CT molecular complexity index is 660. The van der Waals surface area contributed by atoms with E-state index in [-0.39, 0.29) is 17.9 Å². The summed E-state index contributed by atoms with van der Waals surface area (Å²) in [5.74, 6) is 1.88. The quantitative estimate of drug-likeness (QED) is 0.903. The Balaban J connectivity index is 1.51. The summed E-state index contributed by atoms with van der Waals surface area (Å²) in [4.78, 5) is 27.3. The highest BCUT2D eigenvalue weighted by molar-refractivity contribution is 7.99. The fraction of sp³-hybridized carbons (Fsp3) is 0.556. The molecule has 24 heavy (non-hydrogen) atoms. The smallest absolute Gasteiger partial charge is 0.255 e. The lowest BCUT2D eigenvalue weighted by molar-refractivity contribution is -0.124. The predicted molar refractivity (Wildman–Crippen MR) is 92.8 cm³/mol. The molecule has 1 aromatic rings. The van der Waals surface area contributed by atoms with Crippen LogP contribution in [-0.2, 0) is 22.6 Å². The highest BCUT2D eigenvalue weighted by Gasteiger charge is 2.36. The number of nitrogens with one attached hydrogen (secondary N) is 1. The number of thioether (sulfide) groups is 1. The zero-order valence-corrected chi connectivity index (χ0v) is 14.4. The molecule has 1 saturated carbocycles.